The minimum atomic E-state index is -0.668. The van der Waals surface area contributed by atoms with E-state index in [0.717, 1.165) is 5.56 Å². The Morgan fingerprint density at radius 1 is 1.07 bits per heavy atom. The molecule has 0 amide bonds. The van der Waals surface area contributed by atoms with Gasteiger partial charge in [-0.15, -0.1) is 10.2 Å². The number of aromatic nitrogens is 4. The Kier molecular flexibility index (Phi) is 5.35. The summed E-state index contributed by atoms with van der Waals surface area (Å²) in [6.07, 6.45) is 6.55. The lowest BCUT2D eigenvalue weighted by Crippen LogP contribution is -2.27. The summed E-state index contributed by atoms with van der Waals surface area (Å²) in [6, 6.07) is 5.55. The van der Waals surface area contributed by atoms with Crippen LogP contribution in [0.25, 0.3) is 11.4 Å². The molecule has 3 rings (SSSR count). The van der Waals surface area contributed by atoms with Gasteiger partial charge in [-0.1, -0.05) is 18.2 Å². The van der Waals surface area contributed by atoms with Crippen molar-refractivity contribution in [2.45, 2.75) is 6.92 Å². The lowest BCUT2D eigenvalue weighted by Gasteiger charge is -2.25. The van der Waals surface area contributed by atoms with Gasteiger partial charge in [-0.3, -0.25) is 0 Å². The molecule has 144 valence electrons. The zero-order valence-corrected chi connectivity index (χ0v) is 15.9. The molecule has 0 saturated heterocycles. The Bertz CT molecular complexity index is 1020. The molecule has 9 nitrogen and oxygen atoms in total. The molecule has 1 aliphatic rings. The number of benzene rings is 1. The second-order valence-electron chi connectivity index (χ2n) is 5.92. The van der Waals surface area contributed by atoms with Crippen molar-refractivity contribution in [2.75, 3.05) is 19.1 Å². The molecule has 1 aromatic heterocycles. The highest BCUT2D eigenvalue weighted by Gasteiger charge is 2.28. The van der Waals surface area contributed by atoms with Gasteiger partial charge in [0.1, 0.15) is 5.70 Å². The molecule has 28 heavy (non-hydrogen) atoms. The number of nitrogens with zero attached hydrogens (tertiary/aromatic N) is 5. The van der Waals surface area contributed by atoms with Crippen molar-refractivity contribution in [1.82, 2.24) is 20.2 Å². The molecule has 0 fully saturated rings. The molecular weight excluding hydrogens is 362 g/mol. The van der Waals surface area contributed by atoms with Gasteiger partial charge in [0, 0.05) is 17.5 Å². The Hall–Kier alpha value is -3.75. The molecule has 0 saturated carbocycles. The van der Waals surface area contributed by atoms with Crippen molar-refractivity contribution in [2.24, 2.45) is 7.05 Å². The van der Waals surface area contributed by atoms with E-state index in [-0.39, 0.29) is 11.3 Å². The maximum absolute atomic E-state index is 12.6. The Morgan fingerprint density at radius 3 is 2.46 bits per heavy atom. The van der Waals surface area contributed by atoms with E-state index in [1.165, 1.54) is 25.1 Å². The number of rotatable bonds is 4. The van der Waals surface area contributed by atoms with Crippen LogP contribution in [0, 0.1) is 6.92 Å². The summed E-state index contributed by atoms with van der Waals surface area (Å²) in [5, 5.41) is 12.1. The maximum atomic E-state index is 12.6. The van der Waals surface area contributed by atoms with Crippen LogP contribution in [0.2, 0.25) is 0 Å². The molecule has 0 spiro atoms. The van der Waals surface area contributed by atoms with Crippen LogP contribution in [-0.2, 0) is 26.1 Å². The molecule has 0 radical (unpaired) electrons. The number of allylic oxidation sites excluding steroid dienone is 2. The predicted octanol–water partition coefficient (Wildman–Crippen LogP) is 1.68. The molecule has 9 heteroatoms. The predicted molar refractivity (Wildman–Crippen MR) is 101 cm³/mol. The number of aryl methyl sites for hydroxylation is 2. The number of hydrogen-bond acceptors (Lipinski definition) is 8. The van der Waals surface area contributed by atoms with Crippen LogP contribution in [0.1, 0.15) is 5.56 Å². The van der Waals surface area contributed by atoms with Gasteiger partial charge in [-0.05, 0) is 35.9 Å². The largest absolute Gasteiger partial charge is 0.465 e. The molecule has 0 bridgehead atoms. The van der Waals surface area contributed by atoms with E-state index in [9.17, 15) is 9.59 Å². The summed E-state index contributed by atoms with van der Waals surface area (Å²) in [4.78, 5) is 27.8. The van der Waals surface area contributed by atoms with E-state index in [1.54, 1.807) is 30.3 Å². The molecule has 2 heterocycles. The van der Waals surface area contributed by atoms with E-state index in [2.05, 4.69) is 15.4 Å². The van der Waals surface area contributed by atoms with Gasteiger partial charge in [-0.2, -0.15) is 4.80 Å². The zero-order chi connectivity index (χ0) is 20.3. The summed E-state index contributed by atoms with van der Waals surface area (Å²) in [5.74, 6) is -0.869. The third kappa shape index (κ3) is 3.54. The first-order chi connectivity index (χ1) is 13.5. The molecule has 0 unspecified atom stereocenters. The van der Waals surface area contributed by atoms with Crippen LogP contribution >= 0.6 is 0 Å². The topological polar surface area (TPSA) is 99.4 Å². The molecule has 2 aromatic rings. The average Bonchev–Trinajstić information content (AvgIpc) is 3.01. The summed E-state index contributed by atoms with van der Waals surface area (Å²) < 4.78 is 9.77. The number of hydrogen-bond donors (Lipinski definition) is 0. The second kappa shape index (κ2) is 7.87. The fourth-order valence-corrected chi connectivity index (χ4v) is 2.76. The summed E-state index contributed by atoms with van der Waals surface area (Å²) in [6.45, 7) is 1.89. The Labute approximate surface area is 161 Å². The van der Waals surface area contributed by atoms with Crippen molar-refractivity contribution >= 4 is 17.6 Å². The number of tetrazole rings is 1. The van der Waals surface area contributed by atoms with Gasteiger partial charge >= 0.3 is 11.9 Å². The minimum absolute atomic E-state index is 0.0479. The van der Waals surface area contributed by atoms with Crippen molar-refractivity contribution in [1.29, 1.82) is 0 Å². The van der Waals surface area contributed by atoms with Crippen molar-refractivity contribution in [3.8, 4) is 11.4 Å². The number of carbonyl (C=O) groups is 2. The first-order valence-corrected chi connectivity index (χ1v) is 8.36. The van der Waals surface area contributed by atoms with Gasteiger partial charge in [0.25, 0.3) is 0 Å². The van der Waals surface area contributed by atoms with E-state index < -0.39 is 11.9 Å². The van der Waals surface area contributed by atoms with Crippen LogP contribution in [-0.4, -0.2) is 46.4 Å². The van der Waals surface area contributed by atoms with Crippen molar-refractivity contribution < 1.29 is 19.1 Å². The normalized spacial score (nSPS) is 13.5. The zero-order valence-electron chi connectivity index (χ0n) is 15.9. The van der Waals surface area contributed by atoms with Crippen molar-refractivity contribution in [3.63, 3.8) is 0 Å². The monoisotopic (exact) mass is 381 g/mol. The van der Waals surface area contributed by atoms with Gasteiger partial charge in [0.15, 0.2) is 0 Å². The highest BCUT2D eigenvalue weighted by molar-refractivity contribution is 6.05. The molecule has 1 aromatic carbocycles. The highest BCUT2D eigenvalue weighted by Crippen LogP contribution is 2.31. The standard InChI is InChI=1S/C19H19N5O4/c1-12-8-9-13(17-20-22-23(2)21-17)11-15(12)24-10-6-5-7-14(18(25)27-3)16(24)19(26)28-4/h5-11H,1-4H3. The fourth-order valence-electron chi connectivity index (χ4n) is 2.76. The molecule has 0 atom stereocenters. The number of ether oxygens (including phenoxy) is 2. The van der Waals surface area contributed by atoms with Crippen LogP contribution in [0.4, 0.5) is 5.69 Å². The first-order valence-electron chi connectivity index (χ1n) is 8.36. The lowest BCUT2D eigenvalue weighted by atomic mass is 10.1. The quantitative estimate of drug-likeness (QED) is 0.738. The Balaban J connectivity index is 2.19. The van der Waals surface area contributed by atoms with Gasteiger partial charge < -0.3 is 14.4 Å². The Morgan fingerprint density at radius 2 is 1.82 bits per heavy atom. The summed E-state index contributed by atoms with van der Waals surface area (Å²) in [7, 11) is 4.19. The third-order valence-corrected chi connectivity index (χ3v) is 4.12. The smallest absolute Gasteiger partial charge is 0.355 e. The van der Waals surface area contributed by atoms with Crippen LogP contribution in [0.15, 0.2) is 53.9 Å². The number of methoxy groups -OCH3 is 2. The third-order valence-electron chi connectivity index (χ3n) is 4.12. The molecule has 0 aliphatic carbocycles. The number of anilines is 1. The SMILES string of the molecule is COC(=O)C1=C(C(=O)OC)N(c2cc(-c3nnn(C)n3)ccc2C)C=CC=C1. The minimum Gasteiger partial charge on any atom is -0.465 e. The van der Waals surface area contributed by atoms with E-state index in [1.807, 2.05) is 25.1 Å². The lowest BCUT2D eigenvalue weighted by molar-refractivity contribution is -0.139. The summed E-state index contributed by atoms with van der Waals surface area (Å²) in [5.41, 5.74) is 2.37. The van der Waals surface area contributed by atoms with Crippen molar-refractivity contribution in [3.05, 3.63) is 59.5 Å². The van der Waals surface area contributed by atoms with E-state index >= 15 is 0 Å². The second-order valence-corrected chi connectivity index (χ2v) is 5.92. The highest BCUT2D eigenvalue weighted by atomic mass is 16.5. The molecular formula is C19H19N5O4. The first kappa shape index (κ1) is 19.0. The van der Waals surface area contributed by atoms with Gasteiger partial charge in [0.2, 0.25) is 5.82 Å². The van der Waals surface area contributed by atoms with Gasteiger partial charge in [-0.25, -0.2) is 9.59 Å². The average molecular weight is 381 g/mol. The number of carbonyl (C=O) groups excluding carboxylic acids is 2. The fraction of sp³-hybridized carbons (Fsp3) is 0.211. The summed E-state index contributed by atoms with van der Waals surface area (Å²) >= 11 is 0. The van der Waals surface area contributed by atoms with Crippen LogP contribution < -0.4 is 4.90 Å². The van der Waals surface area contributed by atoms with E-state index in [4.69, 9.17) is 9.47 Å². The van der Waals surface area contributed by atoms with Crippen LogP contribution in [0.5, 0.6) is 0 Å². The number of esters is 2. The maximum Gasteiger partial charge on any atom is 0.355 e. The molecule has 0 N–H and O–H groups in total. The van der Waals surface area contributed by atoms with Crippen LogP contribution in [0.3, 0.4) is 0 Å². The van der Waals surface area contributed by atoms with E-state index in [0.29, 0.717) is 17.1 Å². The molecule has 1 aliphatic heterocycles. The van der Waals surface area contributed by atoms with Gasteiger partial charge in [0.05, 0.1) is 26.8 Å².